The lowest BCUT2D eigenvalue weighted by Crippen LogP contribution is -2.14. The molecule has 0 fully saturated rings. The van der Waals surface area contributed by atoms with Crippen molar-refractivity contribution < 1.29 is 4.74 Å². The Morgan fingerprint density at radius 2 is 2.08 bits per heavy atom. The number of halogens is 1. The van der Waals surface area contributed by atoms with Gasteiger partial charge < -0.3 is 4.74 Å². The van der Waals surface area contributed by atoms with Crippen molar-refractivity contribution >= 4 is 15.9 Å². The molecular formula is C10H14BrNO. The van der Waals surface area contributed by atoms with Crippen molar-refractivity contribution in [3.05, 3.63) is 29.8 Å². The molecule has 0 spiro atoms. The van der Waals surface area contributed by atoms with Crippen LogP contribution in [0, 0.1) is 0 Å². The van der Waals surface area contributed by atoms with Crippen molar-refractivity contribution in [2.24, 2.45) is 0 Å². The van der Waals surface area contributed by atoms with Gasteiger partial charge in [-0.1, -0.05) is 28.1 Å². The lowest BCUT2D eigenvalue weighted by atomic mass is 10.2. The molecule has 0 aliphatic rings. The number of alkyl halides is 1. The molecule has 1 rings (SSSR count). The summed E-state index contributed by atoms with van der Waals surface area (Å²) in [5.41, 5.74) is 1.20. The van der Waals surface area contributed by atoms with Crippen LogP contribution in [-0.2, 0) is 0 Å². The van der Waals surface area contributed by atoms with Gasteiger partial charge in [0.25, 0.3) is 0 Å². The van der Waals surface area contributed by atoms with Gasteiger partial charge in [-0.25, -0.2) is 0 Å². The van der Waals surface area contributed by atoms with Crippen molar-refractivity contribution in [3.8, 4) is 5.75 Å². The summed E-state index contributed by atoms with van der Waals surface area (Å²) >= 11 is 3.58. The maximum absolute atomic E-state index is 5.15. The molecule has 1 aromatic carbocycles. The molecule has 0 N–H and O–H groups in total. The second-order valence-corrected chi connectivity index (χ2v) is 3.94. The first kappa shape index (κ1) is 10.5. The monoisotopic (exact) mass is 243 g/mol. The van der Waals surface area contributed by atoms with E-state index in [4.69, 9.17) is 4.74 Å². The molecule has 0 bridgehead atoms. The molecule has 0 radical (unpaired) electrons. The molecule has 1 aromatic rings. The van der Waals surface area contributed by atoms with E-state index in [1.807, 2.05) is 32.3 Å². The van der Waals surface area contributed by atoms with E-state index in [1.54, 1.807) is 7.11 Å². The predicted molar refractivity (Wildman–Crippen MR) is 58.3 cm³/mol. The normalized spacial score (nSPS) is 13.0. The molecule has 0 amide bonds. The van der Waals surface area contributed by atoms with E-state index in [0.717, 1.165) is 5.75 Å². The Morgan fingerprint density at radius 1 is 1.38 bits per heavy atom. The summed E-state index contributed by atoms with van der Waals surface area (Å²) in [5, 5.41) is 0. The Kier molecular flexibility index (Phi) is 3.75. The van der Waals surface area contributed by atoms with Crippen LogP contribution in [0.25, 0.3) is 0 Å². The van der Waals surface area contributed by atoms with Gasteiger partial charge in [-0.05, 0) is 31.8 Å². The fraction of sp³-hybridized carbons (Fsp3) is 0.400. The molecule has 72 valence electrons. The van der Waals surface area contributed by atoms with Gasteiger partial charge in [0.2, 0.25) is 0 Å². The minimum atomic E-state index is 0.239. The number of benzene rings is 1. The van der Waals surface area contributed by atoms with Gasteiger partial charge in [-0.3, -0.25) is 4.90 Å². The van der Waals surface area contributed by atoms with E-state index in [-0.39, 0.29) is 4.95 Å². The third-order valence-electron chi connectivity index (χ3n) is 1.82. The van der Waals surface area contributed by atoms with E-state index >= 15 is 0 Å². The standard InChI is InChI=1S/C10H14BrNO/c1-12(2)10(11)8-5-4-6-9(7-8)13-3/h4-7,10H,1-3H3. The second-order valence-electron chi connectivity index (χ2n) is 3.08. The molecule has 0 saturated carbocycles. The zero-order valence-electron chi connectivity index (χ0n) is 8.12. The lowest BCUT2D eigenvalue weighted by molar-refractivity contribution is 0.392. The molecular weight excluding hydrogens is 230 g/mol. The average molecular weight is 244 g/mol. The lowest BCUT2D eigenvalue weighted by Gasteiger charge is -2.18. The highest BCUT2D eigenvalue weighted by molar-refractivity contribution is 9.09. The van der Waals surface area contributed by atoms with Crippen LogP contribution in [-0.4, -0.2) is 26.1 Å². The summed E-state index contributed by atoms with van der Waals surface area (Å²) in [6, 6.07) is 8.03. The number of hydrogen-bond donors (Lipinski definition) is 0. The molecule has 2 nitrogen and oxygen atoms in total. The molecule has 0 heterocycles. The van der Waals surface area contributed by atoms with Gasteiger partial charge in [-0.2, -0.15) is 0 Å². The van der Waals surface area contributed by atoms with Gasteiger partial charge in [0, 0.05) is 0 Å². The fourth-order valence-electron chi connectivity index (χ4n) is 1.09. The molecule has 0 aliphatic heterocycles. The van der Waals surface area contributed by atoms with Crippen molar-refractivity contribution in [1.82, 2.24) is 4.90 Å². The summed E-state index contributed by atoms with van der Waals surface area (Å²) in [4.78, 5) is 2.33. The van der Waals surface area contributed by atoms with Gasteiger partial charge in [0.15, 0.2) is 0 Å². The first-order valence-corrected chi connectivity index (χ1v) is 5.01. The molecule has 0 saturated heterocycles. The Balaban J connectivity index is 2.88. The minimum absolute atomic E-state index is 0.239. The Hall–Kier alpha value is -0.540. The molecule has 1 atom stereocenters. The summed E-state index contributed by atoms with van der Waals surface area (Å²) in [6.45, 7) is 0. The van der Waals surface area contributed by atoms with Gasteiger partial charge in [-0.15, -0.1) is 0 Å². The first-order valence-electron chi connectivity index (χ1n) is 4.09. The highest BCUT2D eigenvalue weighted by Crippen LogP contribution is 2.27. The Bertz CT molecular complexity index is 275. The van der Waals surface area contributed by atoms with E-state index in [1.165, 1.54) is 5.56 Å². The Morgan fingerprint density at radius 3 is 2.62 bits per heavy atom. The zero-order valence-corrected chi connectivity index (χ0v) is 9.71. The molecule has 0 aliphatic carbocycles. The second kappa shape index (κ2) is 4.63. The van der Waals surface area contributed by atoms with Crippen LogP contribution in [0.3, 0.4) is 0 Å². The Labute approximate surface area is 87.6 Å². The largest absolute Gasteiger partial charge is 0.497 e. The van der Waals surface area contributed by atoms with Crippen molar-refractivity contribution in [2.75, 3.05) is 21.2 Å². The predicted octanol–water partition coefficient (Wildman–Crippen LogP) is 2.65. The minimum Gasteiger partial charge on any atom is -0.497 e. The van der Waals surface area contributed by atoms with Crippen LogP contribution in [0.4, 0.5) is 0 Å². The van der Waals surface area contributed by atoms with E-state index in [2.05, 4.69) is 26.9 Å². The van der Waals surface area contributed by atoms with E-state index in [9.17, 15) is 0 Å². The number of nitrogens with zero attached hydrogens (tertiary/aromatic N) is 1. The number of rotatable bonds is 3. The summed E-state index contributed by atoms with van der Waals surface area (Å²) < 4.78 is 5.15. The van der Waals surface area contributed by atoms with Crippen LogP contribution >= 0.6 is 15.9 Å². The third-order valence-corrected chi connectivity index (χ3v) is 3.17. The van der Waals surface area contributed by atoms with Crippen molar-refractivity contribution in [1.29, 1.82) is 0 Å². The van der Waals surface area contributed by atoms with Crippen LogP contribution in [0.1, 0.15) is 10.5 Å². The highest BCUT2D eigenvalue weighted by atomic mass is 79.9. The maximum Gasteiger partial charge on any atom is 0.119 e. The number of methoxy groups -OCH3 is 1. The highest BCUT2D eigenvalue weighted by Gasteiger charge is 2.09. The van der Waals surface area contributed by atoms with E-state index < -0.39 is 0 Å². The average Bonchev–Trinajstić information content (AvgIpc) is 2.16. The number of ether oxygens (including phenoxy) is 1. The van der Waals surface area contributed by atoms with Crippen LogP contribution < -0.4 is 4.74 Å². The summed E-state index contributed by atoms with van der Waals surface area (Å²) in [6.07, 6.45) is 0. The van der Waals surface area contributed by atoms with Gasteiger partial charge in [0.1, 0.15) is 5.75 Å². The topological polar surface area (TPSA) is 12.5 Å². The van der Waals surface area contributed by atoms with Crippen molar-refractivity contribution in [3.63, 3.8) is 0 Å². The van der Waals surface area contributed by atoms with E-state index in [0.29, 0.717) is 0 Å². The SMILES string of the molecule is COc1cccc(C(Br)N(C)C)c1. The van der Waals surface area contributed by atoms with Gasteiger partial charge >= 0.3 is 0 Å². The van der Waals surface area contributed by atoms with Crippen LogP contribution in [0.15, 0.2) is 24.3 Å². The molecule has 1 unspecified atom stereocenters. The summed E-state index contributed by atoms with van der Waals surface area (Å²) in [7, 11) is 5.73. The van der Waals surface area contributed by atoms with Gasteiger partial charge in [0.05, 0.1) is 12.1 Å². The smallest absolute Gasteiger partial charge is 0.119 e. The molecule has 3 heteroatoms. The summed E-state index contributed by atoms with van der Waals surface area (Å²) in [5.74, 6) is 0.892. The van der Waals surface area contributed by atoms with Crippen molar-refractivity contribution in [2.45, 2.75) is 4.95 Å². The molecule has 0 aromatic heterocycles. The molecule has 13 heavy (non-hydrogen) atoms. The quantitative estimate of drug-likeness (QED) is 0.598. The van der Waals surface area contributed by atoms with Crippen LogP contribution in [0.5, 0.6) is 5.75 Å². The van der Waals surface area contributed by atoms with Crippen LogP contribution in [0.2, 0.25) is 0 Å². The maximum atomic E-state index is 5.15. The fourth-order valence-corrected chi connectivity index (χ4v) is 1.37. The number of hydrogen-bond acceptors (Lipinski definition) is 2. The zero-order chi connectivity index (χ0) is 9.84. The first-order chi connectivity index (χ1) is 6.15. The third kappa shape index (κ3) is 2.71.